The highest BCUT2D eigenvalue weighted by Crippen LogP contribution is 2.28. The average Bonchev–Trinajstić information content (AvgIpc) is 2.46. The van der Waals surface area contributed by atoms with E-state index >= 15 is 0 Å². The molecule has 5 nitrogen and oxygen atoms in total. The molecule has 7 heteroatoms. The Morgan fingerprint density at radius 3 is 2.62 bits per heavy atom. The van der Waals surface area contributed by atoms with E-state index in [-0.39, 0.29) is 10.9 Å². The minimum atomic E-state index is -3.56. The Balaban J connectivity index is 3.18. The highest BCUT2D eigenvalue weighted by molar-refractivity contribution is 7.98. The summed E-state index contributed by atoms with van der Waals surface area (Å²) in [5, 5.41) is 3.03. The molecule has 1 unspecified atom stereocenters. The van der Waals surface area contributed by atoms with Crippen LogP contribution in [0.15, 0.2) is 23.1 Å². The van der Waals surface area contributed by atoms with Gasteiger partial charge in [-0.05, 0) is 37.9 Å². The van der Waals surface area contributed by atoms with Crippen molar-refractivity contribution < 1.29 is 13.2 Å². The maximum absolute atomic E-state index is 12.7. The van der Waals surface area contributed by atoms with E-state index < -0.39 is 10.0 Å². The van der Waals surface area contributed by atoms with Gasteiger partial charge in [-0.3, -0.25) is 0 Å². The van der Waals surface area contributed by atoms with Crippen LogP contribution in [0.4, 0.5) is 0 Å². The summed E-state index contributed by atoms with van der Waals surface area (Å²) in [4.78, 5) is 0.209. The molecule has 0 amide bonds. The molecule has 1 aromatic rings. The molecule has 0 fully saturated rings. The fourth-order valence-corrected chi connectivity index (χ4v) is 4.27. The van der Waals surface area contributed by atoms with E-state index in [9.17, 15) is 8.42 Å². The van der Waals surface area contributed by atoms with Crippen molar-refractivity contribution in [3.05, 3.63) is 23.8 Å². The molecule has 0 saturated carbocycles. The summed E-state index contributed by atoms with van der Waals surface area (Å²) < 4.78 is 32.1. The Labute approximate surface area is 132 Å². The van der Waals surface area contributed by atoms with Crippen LogP contribution in [-0.2, 0) is 16.6 Å². The van der Waals surface area contributed by atoms with Gasteiger partial charge in [0.25, 0.3) is 0 Å². The third-order valence-electron chi connectivity index (χ3n) is 3.29. The standard InChI is InChI=1S/C14H24N2O3S2/c1-11(10-20-5)16(3)21(17,18)14-7-6-12(9-15-2)8-13(14)19-4/h6-8,11,15H,9-10H2,1-5H3. The van der Waals surface area contributed by atoms with Crippen molar-refractivity contribution in [1.29, 1.82) is 0 Å². The molecule has 0 saturated heterocycles. The van der Waals surface area contributed by atoms with Crippen molar-refractivity contribution in [3.8, 4) is 5.75 Å². The molecule has 0 aromatic heterocycles. The van der Waals surface area contributed by atoms with Gasteiger partial charge >= 0.3 is 0 Å². The van der Waals surface area contributed by atoms with Gasteiger partial charge in [0.2, 0.25) is 10.0 Å². The summed E-state index contributed by atoms with van der Waals surface area (Å²) in [7, 11) is 1.38. The minimum Gasteiger partial charge on any atom is -0.495 e. The summed E-state index contributed by atoms with van der Waals surface area (Å²) in [5.41, 5.74) is 0.980. The predicted octanol–water partition coefficient (Wildman–Crippen LogP) is 1.79. The summed E-state index contributed by atoms with van der Waals surface area (Å²) in [6.07, 6.45) is 1.96. The van der Waals surface area contributed by atoms with E-state index in [1.54, 1.807) is 37.0 Å². The Hall–Kier alpha value is -0.760. The normalized spacial score (nSPS) is 13.4. The first-order chi connectivity index (χ1) is 9.88. The Morgan fingerprint density at radius 1 is 1.43 bits per heavy atom. The van der Waals surface area contributed by atoms with Crippen LogP contribution >= 0.6 is 11.8 Å². The lowest BCUT2D eigenvalue weighted by Crippen LogP contribution is -2.36. The first kappa shape index (κ1) is 18.3. The molecule has 0 radical (unpaired) electrons. The first-order valence-corrected chi connectivity index (χ1v) is 9.50. The van der Waals surface area contributed by atoms with E-state index in [1.165, 1.54) is 11.4 Å². The van der Waals surface area contributed by atoms with Crippen LogP contribution in [-0.4, -0.2) is 52.0 Å². The lowest BCUT2D eigenvalue weighted by Gasteiger charge is -2.24. The van der Waals surface area contributed by atoms with Gasteiger partial charge < -0.3 is 10.1 Å². The van der Waals surface area contributed by atoms with Crippen molar-refractivity contribution in [3.63, 3.8) is 0 Å². The number of rotatable bonds is 8. The molecular weight excluding hydrogens is 308 g/mol. The van der Waals surface area contributed by atoms with Gasteiger partial charge in [0.15, 0.2) is 0 Å². The van der Waals surface area contributed by atoms with Crippen LogP contribution in [0, 0.1) is 0 Å². The van der Waals surface area contributed by atoms with Crippen LogP contribution in [0.1, 0.15) is 12.5 Å². The smallest absolute Gasteiger partial charge is 0.246 e. The van der Waals surface area contributed by atoms with Gasteiger partial charge in [0.05, 0.1) is 7.11 Å². The SMILES string of the molecule is CNCc1ccc(S(=O)(=O)N(C)C(C)CSC)c(OC)c1. The fourth-order valence-electron chi connectivity index (χ4n) is 1.98. The van der Waals surface area contributed by atoms with Crippen molar-refractivity contribution in [1.82, 2.24) is 9.62 Å². The van der Waals surface area contributed by atoms with E-state index in [2.05, 4.69) is 5.32 Å². The van der Waals surface area contributed by atoms with Gasteiger partial charge in [-0.25, -0.2) is 8.42 Å². The number of thioether (sulfide) groups is 1. The summed E-state index contributed by atoms with van der Waals surface area (Å²) >= 11 is 1.62. The number of methoxy groups -OCH3 is 1. The summed E-state index contributed by atoms with van der Waals surface area (Å²) in [6.45, 7) is 2.56. The molecular formula is C14H24N2O3S2. The van der Waals surface area contributed by atoms with Gasteiger partial charge in [0.1, 0.15) is 10.6 Å². The molecule has 0 heterocycles. The van der Waals surface area contributed by atoms with Gasteiger partial charge in [-0.15, -0.1) is 0 Å². The Kier molecular flexibility index (Phi) is 6.99. The van der Waals surface area contributed by atoms with Gasteiger partial charge in [-0.1, -0.05) is 6.07 Å². The molecule has 0 aliphatic carbocycles. The fraction of sp³-hybridized carbons (Fsp3) is 0.571. The number of nitrogens with one attached hydrogen (secondary N) is 1. The van der Waals surface area contributed by atoms with Crippen molar-refractivity contribution in [2.45, 2.75) is 24.4 Å². The quantitative estimate of drug-likeness (QED) is 0.786. The second-order valence-corrected chi connectivity index (χ2v) is 7.72. The largest absolute Gasteiger partial charge is 0.495 e. The van der Waals surface area contributed by atoms with E-state index in [0.29, 0.717) is 12.3 Å². The van der Waals surface area contributed by atoms with Crippen LogP contribution in [0.2, 0.25) is 0 Å². The summed E-state index contributed by atoms with van der Waals surface area (Å²) in [5.74, 6) is 1.13. The highest BCUT2D eigenvalue weighted by Gasteiger charge is 2.28. The third kappa shape index (κ3) is 4.35. The minimum absolute atomic E-state index is 0.0771. The van der Waals surface area contributed by atoms with Gasteiger partial charge in [0, 0.05) is 25.4 Å². The number of sulfonamides is 1. The zero-order valence-corrected chi connectivity index (χ0v) is 14.8. The topological polar surface area (TPSA) is 58.6 Å². The van der Waals surface area contributed by atoms with Crippen LogP contribution < -0.4 is 10.1 Å². The van der Waals surface area contributed by atoms with E-state index in [1.807, 2.05) is 20.2 Å². The van der Waals surface area contributed by atoms with Crippen LogP contribution in [0.3, 0.4) is 0 Å². The molecule has 0 bridgehead atoms. The van der Waals surface area contributed by atoms with Crippen molar-refractivity contribution in [2.24, 2.45) is 0 Å². The summed E-state index contributed by atoms with van der Waals surface area (Å²) in [6, 6.07) is 5.10. The predicted molar refractivity (Wildman–Crippen MR) is 88.6 cm³/mol. The van der Waals surface area contributed by atoms with Crippen LogP contribution in [0.25, 0.3) is 0 Å². The van der Waals surface area contributed by atoms with Gasteiger partial charge in [-0.2, -0.15) is 16.1 Å². The van der Waals surface area contributed by atoms with Crippen molar-refractivity contribution >= 4 is 21.8 Å². The average molecular weight is 332 g/mol. The third-order valence-corrected chi connectivity index (χ3v) is 6.12. The molecule has 0 spiro atoms. The number of hydrogen-bond donors (Lipinski definition) is 1. The molecule has 120 valence electrons. The number of hydrogen-bond acceptors (Lipinski definition) is 5. The van der Waals surface area contributed by atoms with Crippen LogP contribution in [0.5, 0.6) is 5.75 Å². The van der Waals surface area contributed by atoms with Crippen molar-refractivity contribution in [2.75, 3.05) is 33.2 Å². The van der Waals surface area contributed by atoms with E-state index in [4.69, 9.17) is 4.74 Å². The molecule has 1 rings (SSSR count). The first-order valence-electron chi connectivity index (χ1n) is 6.67. The zero-order chi connectivity index (χ0) is 16.0. The molecule has 1 N–H and O–H groups in total. The number of ether oxygens (including phenoxy) is 1. The molecule has 1 atom stereocenters. The number of benzene rings is 1. The second-order valence-electron chi connectivity index (χ2n) is 4.84. The maximum Gasteiger partial charge on any atom is 0.246 e. The molecule has 21 heavy (non-hydrogen) atoms. The second kappa shape index (κ2) is 8.03. The Bertz CT molecular complexity index is 561. The monoisotopic (exact) mass is 332 g/mol. The zero-order valence-electron chi connectivity index (χ0n) is 13.2. The lowest BCUT2D eigenvalue weighted by molar-refractivity contribution is 0.389. The van der Waals surface area contributed by atoms with E-state index in [0.717, 1.165) is 11.3 Å². The highest BCUT2D eigenvalue weighted by atomic mass is 32.2. The lowest BCUT2D eigenvalue weighted by atomic mass is 10.2. The Morgan fingerprint density at radius 2 is 2.10 bits per heavy atom. The number of nitrogens with zero attached hydrogens (tertiary/aromatic N) is 1. The molecule has 0 aliphatic rings. The molecule has 1 aromatic carbocycles. The maximum atomic E-state index is 12.7. The molecule has 0 aliphatic heterocycles.